The van der Waals surface area contributed by atoms with Gasteiger partial charge in [-0.1, -0.05) is 0 Å². The Balaban J connectivity index is 1.36. The summed E-state index contributed by atoms with van der Waals surface area (Å²) in [5.74, 6) is 0.0923. The normalized spacial score (nSPS) is 16.8. The van der Waals surface area contributed by atoms with Crippen molar-refractivity contribution in [2.24, 2.45) is 0 Å². The van der Waals surface area contributed by atoms with Gasteiger partial charge in [-0.3, -0.25) is 14.1 Å². The molecule has 37 heavy (non-hydrogen) atoms. The number of carbonyl (C=O) groups excluding carboxylic acids is 1. The van der Waals surface area contributed by atoms with E-state index in [9.17, 15) is 13.6 Å². The topological polar surface area (TPSA) is 80.6 Å². The molecule has 0 spiro atoms. The number of ether oxygens (including phenoxy) is 3. The first-order valence-electron chi connectivity index (χ1n) is 12.4. The number of alkyl halides is 2. The molecule has 0 atom stereocenters. The predicted molar refractivity (Wildman–Crippen MR) is 134 cm³/mol. The first kappa shape index (κ1) is 25.2. The van der Waals surface area contributed by atoms with Gasteiger partial charge in [0.05, 0.1) is 19.0 Å². The van der Waals surface area contributed by atoms with Crippen LogP contribution in [-0.4, -0.2) is 91.2 Å². The SMILES string of the molecule is COc1cc(-c2cnc3cc(OCCN4CCN(C)CC4)ccn23)cc(OC(F)F)c1C(=O)NC1CC1. The Morgan fingerprint density at radius 2 is 1.92 bits per heavy atom. The Morgan fingerprint density at radius 1 is 1.16 bits per heavy atom. The maximum absolute atomic E-state index is 13.3. The van der Waals surface area contributed by atoms with Gasteiger partial charge in [0.15, 0.2) is 0 Å². The lowest BCUT2D eigenvalue weighted by atomic mass is 10.1. The number of benzene rings is 1. The van der Waals surface area contributed by atoms with E-state index in [1.54, 1.807) is 12.3 Å². The van der Waals surface area contributed by atoms with E-state index in [0.717, 1.165) is 45.6 Å². The van der Waals surface area contributed by atoms with E-state index in [2.05, 4.69) is 27.1 Å². The van der Waals surface area contributed by atoms with Gasteiger partial charge in [0, 0.05) is 56.6 Å². The third-order valence-corrected chi connectivity index (χ3v) is 6.69. The molecule has 1 N–H and O–H groups in total. The lowest BCUT2D eigenvalue weighted by Gasteiger charge is -2.32. The van der Waals surface area contributed by atoms with E-state index in [1.807, 2.05) is 22.7 Å². The second-order valence-corrected chi connectivity index (χ2v) is 9.41. The van der Waals surface area contributed by atoms with E-state index in [4.69, 9.17) is 14.2 Å². The van der Waals surface area contributed by atoms with Crippen LogP contribution in [0.5, 0.6) is 17.2 Å². The molecule has 0 unspecified atom stereocenters. The quantitative estimate of drug-likeness (QED) is 0.444. The molecule has 1 saturated heterocycles. The fourth-order valence-electron chi connectivity index (χ4n) is 4.43. The zero-order chi connectivity index (χ0) is 25.9. The Morgan fingerprint density at radius 3 is 2.62 bits per heavy atom. The number of pyridine rings is 1. The highest BCUT2D eigenvalue weighted by atomic mass is 19.3. The van der Waals surface area contributed by atoms with Crippen LogP contribution in [-0.2, 0) is 0 Å². The first-order chi connectivity index (χ1) is 17.9. The summed E-state index contributed by atoms with van der Waals surface area (Å²) in [5.41, 5.74) is 1.73. The Bertz CT molecular complexity index is 1260. The second kappa shape index (κ2) is 10.9. The van der Waals surface area contributed by atoms with Crippen molar-refractivity contribution in [2.45, 2.75) is 25.5 Å². The number of imidazole rings is 1. The molecule has 2 fully saturated rings. The zero-order valence-electron chi connectivity index (χ0n) is 21.0. The van der Waals surface area contributed by atoms with Crippen LogP contribution in [0.2, 0.25) is 0 Å². The van der Waals surface area contributed by atoms with E-state index < -0.39 is 12.5 Å². The molecule has 198 valence electrons. The number of carbonyl (C=O) groups is 1. The number of hydrogen-bond acceptors (Lipinski definition) is 7. The smallest absolute Gasteiger partial charge is 0.387 e. The summed E-state index contributed by atoms with van der Waals surface area (Å²) in [7, 11) is 3.52. The number of fused-ring (bicyclic) bond motifs is 1. The molecule has 9 nitrogen and oxygen atoms in total. The number of piperazine rings is 1. The predicted octanol–water partition coefficient (Wildman–Crippen LogP) is 3.13. The highest BCUT2D eigenvalue weighted by molar-refractivity contribution is 6.01. The molecule has 0 radical (unpaired) electrons. The standard InChI is InChI=1S/C26H31F2N5O4/c1-31-7-9-32(10-8-31)11-12-36-19-5-6-33-20(16-29-23(33)15-19)17-13-21(35-2)24(22(14-17)37-26(27)28)25(34)30-18-3-4-18/h5-6,13-16,18,26H,3-4,7-12H2,1-2H3,(H,30,34). The van der Waals surface area contributed by atoms with Gasteiger partial charge in [0.2, 0.25) is 0 Å². The summed E-state index contributed by atoms with van der Waals surface area (Å²) in [6, 6.07) is 6.77. The Labute approximate surface area is 213 Å². The van der Waals surface area contributed by atoms with Gasteiger partial charge >= 0.3 is 6.61 Å². The number of nitrogens with one attached hydrogen (secondary N) is 1. The van der Waals surface area contributed by atoms with Crippen LogP contribution in [0.1, 0.15) is 23.2 Å². The number of nitrogens with zero attached hydrogens (tertiary/aromatic N) is 4. The van der Waals surface area contributed by atoms with Gasteiger partial charge in [-0.25, -0.2) is 4.98 Å². The van der Waals surface area contributed by atoms with Gasteiger partial charge < -0.3 is 24.4 Å². The van der Waals surface area contributed by atoms with Crippen molar-refractivity contribution in [3.63, 3.8) is 0 Å². The molecule has 1 amide bonds. The van der Waals surface area contributed by atoms with Crippen molar-refractivity contribution >= 4 is 11.6 Å². The molecule has 2 aromatic heterocycles. The Kier molecular flexibility index (Phi) is 7.43. The average molecular weight is 516 g/mol. The van der Waals surface area contributed by atoms with Gasteiger partial charge in [-0.15, -0.1) is 0 Å². The summed E-state index contributed by atoms with van der Waals surface area (Å²) in [6.45, 7) is 2.51. The van der Waals surface area contributed by atoms with Crippen molar-refractivity contribution < 1.29 is 27.8 Å². The molecule has 1 aliphatic heterocycles. The molecule has 2 aliphatic rings. The van der Waals surface area contributed by atoms with Crippen molar-refractivity contribution in [3.05, 3.63) is 42.2 Å². The molecule has 1 aliphatic carbocycles. The number of halogens is 2. The number of likely N-dealkylation sites (N-methyl/N-ethyl adjacent to an activating group) is 1. The minimum atomic E-state index is -3.10. The molecule has 5 rings (SSSR count). The van der Waals surface area contributed by atoms with E-state index in [-0.39, 0.29) is 23.1 Å². The van der Waals surface area contributed by atoms with Gasteiger partial charge in [-0.05, 0) is 38.1 Å². The fraction of sp³-hybridized carbons (Fsp3) is 0.462. The molecule has 3 aromatic rings. The van der Waals surface area contributed by atoms with Gasteiger partial charge in [0.1, 0.15) is 35.1 Å². The summed E-state index contributed by atoms with van der Waals surface area (Å²) < 4.78 is 44.5. The zero-order valence-corrected chi connectivity index (χ0v) is 21.0. The number of hydrogen-bond donors (Lipinski definition) is 1. The van der Waals surface area contributed by atoms with E-state index >= 15 is 0 Å². The maximum atomic E-state index is 13.3. The van der Waals surface area contributed by atoms with E-state index in [0.29, 0.717) is 29.3 Å². The minimum absolute atomic E-state index is 0.0491. The van der Waals surface area contributed by atoms with Gasteiger partial charge in [0.25, 0.3) is 5.91 Å². The fourth-order valence-corrected chi connectivity index (χ4v) is 4.43. The number of rotatable bonds is 10. The van der Waals surface area contributed by atoms with Crippen molar-refractivity contribution in [3.8, 4) is 28.5 Å². The summed E-state index contributed by atoms with van der Waals surface area (Å²) >= 11 is 0. The molecular weight excluding hydrogens is 484 g/mol. The van der Waals surface area contributed by atoms with Gasteiger partial charge in [-0.2, -0.15) is 8.78 Å². The van der Waals surface area contributed by atoms with Crippen LogP contribution in [0, 0.1) is 0 Å². The lowest BCUT2D eigenvalue weighted by Crippen LogP contribution is -2.45. The molecule has 11 heteroatoms. The lowest BCUT2D eigenvalue weighted by molar-refractivity contribution is -0.0502. The molecule has 1 aromatic carbocycles. The number of amides is 1. The Hall–Kier alpha value is -3.44. The monoisotopic (exact) mass is 515 g/mol. The van der Waals surface area contributed by atoms with Crippen LogP contribution >= 0.6 is 0 Å². The summed E-state index contributed by atoms with van der Waals surface area (Å²) in [5, 5.41) is 2.81. The molecule has 3 heterocycles. The maximum Gasteiger partial charge on any atom is 0.387 e. The molecule has 0 bridgehead atoms. The average Bonchev–Trinajstić information content (AvgIpc) is 3.59. The van der Waals surface area contributed by atoms with Crippen LogP contribution < -0.4 is 19.5 Å². The first-order valence-corrected chi connectivity index (χ1v) is 12.4. The number of methoxy groups -OCH3 is 1. The summed E-state index contributed by atoms with van der Waals surface area (Å²) in [4.78, 5) is 21.9. The third kappa shape index (κ3) is 5.94. The molecular formula is C26H31F2N5O4. The van der Waals surface area contributed by atoms with E-state index in [1.165, 1.54) is 13.2 Å². The third-order valence-electron chi connectivity index (χ3n) is 6.69. The number of aromatic nitrogens is 2. The summed E-state index contributed by atoms with van der Waals surface area (Å²) in [6.07, 6.45) is 5.17. The molecule has 1 saturated carbocycles. The highest BCUT2D eigenvalue weighted by Gasteiger charge is 2.29. The van der Waals surface area contributed by atoms with Crippen LogP contribution in [0.3, 0.4) is 0 Å². The van der Waals surface area contributed by atoms with Crippen LogP contribution in [0.15, 0.2) is 36.7 Å². The minimum Gasteiger partial charge on any atom is -0.496 e. The van der Waals surface area contributed by atoms with Crippen LogP contribution in [0.25, 0.3) is 16.9 Å². The highest BCUT2D eigenvalue weighted by Crippen LogP contribution is 2.37. The van der Waals surface area contributed by atoms with Crippen molar-refractivity contribution in [1.29, 1.82) is 0 Å². The second-order valence-electron chi connectivity index (χ2n) is 9.41. The van der Waals surface area contributed by atoms with Crippen molar-refractivity contribution in [1.82, 2.24) is 24.5 Å². The largest absolute Gasteiger partial charge is 0.496 e. The van der Waals surface area contributed by atoms with Crippen molar-refractivity contribution in [2.75, 3.05) is 53.5 Å². The van der Waals surface area contributed by atoms with Crippen LogP contribution in [0.4, 0.5) is 8.78 Å².